The second kappa shape index (κ2) is 4.99. The molecular weight excluding hydrogens is 328 g/mol. The molecule has 5 heteroatoms. The standard InChI is InChI=1S/C13H11BrN2S2/c1-8(9-4-5-17-7-9)15-13-16-11-3-2-10(14)6-12(11)18-13/h2-8H,1H3,(H,15,16). The molecule has 0 spiro atoms. The maximum Gasteiger partial charge on any atom is 0.184 e. The Hall–Kier alpha value is -0.910. The van der Waals surface area contributed by atoms with Crippen molar-refractivity contribution in [1.29, 1.82) is 0 Å². The van der Waals surface area contributed by atoms with Crippen LogP contribution >= 0.6 is 38.6 Å². The summed E-state index contributed by atoms with van der Waals surface area (Å²) in [5.41, 5.74) is 2.35. The molecule has 3 rings (SSSR count). The van der Waals surface area contributed by atoms with E-state index in [0.29, 0.717) is 6.04 Å². The number of benzene rings is 1. The van der Waals surface area contributed by atoms with Crippen molar-refractivity contribution < 1.29 is 0 Å². The van der Waals surface area contributed by atoms with E-state index in [-0.39, 0.29) is 0 Å². The Morgan fingerprint density at radius 3 is 3.00 bits per heavy atom. The summed E-state index contributed by atoms with van der Waals surface area (Å²) in [6, 6.07) is 8.60. The average molecular weight is 339 g/mol. The van der Waals surface area contributed by atoms with Gasteiger partial charge in [-0.25, -0.2) is 4.98 Å². The van der Waals surface area contributed by atoms with Crippen molar-refractivity contribution in [2.45, 2.75) is 13.0 Å². The smallest absolute Gasteiger partial charge is 0.184 e. The Kier molecular flexibility index (Phi) is 3.37. The molecule has 2 heterocycles. The normalized spacial score (nSPS) is 12.8. The van der Waals surface area contributed by atoms with Crippen molar-refractivity contribution in [2.75, 3.05) is 5.32 Å². The summed E-state index contributed by atoms with van der Waals surface area (Å²) in [4.78, 5) is 4.59. The largest absolute Gasteiger partial charge is 0.355 e. The molecule has 3 aromatic rings. The quantitative estimate of drug-likeness (QED) is 0.701. The Morgan fingerprint density at radius 2 is 2.22 bits per heavy atom. The number of thiazole rings is 1. The van der Waals surface area contributed by atoms with E-state index in [1.807, 2.05) is 12.1 Å². The summed E-state index contributed by atoms with van der Waals surface area (Å²) in [5, 5.41) is 8.69. The molecule has 0 saturated carbocycles. The van der Waals surface area contributed by atoms with Gasteiger partial charge in [-0.3, -0.25) is 0 Å². The highest BCUT2D eigenvalue weighted by molar-refractivity contribution is 9.10. The van der Waals surface area contributed by atoms with Gasteiger partial charge in [-0.2, -0.15) is 11.3 Å². The van der Waals surface area contributed by atoms with E-state index in [0.717, 1.165) is 15.1 Å². The van der Waals surface area contributed by atoms with Crippen LogP contribution in [0.2, 0.25) is 0 Å². The first-order valence-electron chi connectivity index (χ1n) is 5.57. The number of halogens is 1. The number of anilines is 1. The number of rotatable bonds is 3. The summed E-state index contributed by atoms with van der Waals surface area (Å²) in [6.07, 6.45) is 0. The molecule has 1 aromatic carbocycles. The van der Waals surface area contributed by atoms with Crippen LogP contribution in [-0.4, -0.2) is 4.98 Å². The van der Waals surface area contributed by atoms with E-state index in [1.54, 1.807) is 22.7 Å². The van der Waals surface area contributed by atoms with Gasteiger partial charge in [-0.15, -0.1) is 0 Å². The lowest BCUT2D eigenvalue weighted by Crippen LogP contribution is -2.04. The van der Waals surface area contributed by atoms with E-state index in [4.69, 9.17) is 0 Å². The highest BCUT2D eigenvalue weighted by atomic mass is 79.9. The van der Waals surface area contributed by atoms with Gasteiger partial charge < -0.3 is 5.32 Å². The molecule has 0 aliphatic heterocycles. The zero-order valence-corrected chi connectivity index (χ0v) is 12.9. The molecule has 1 atom stereocenters. The number of aromatic nitrogens is 1. The molecule has 1 N–H and O–H groups in total. The lowest BCUT2D eigenvalue weighted by molar-refractivity contribution is 0.888. The highest BCUT2D eigenvalue weighted by Gasteiger charge is 2.09. The maximum absolute atomic E-state index is 4.59. The Balaban J connectivity index is 1.86. The number of nitrogens with zero attached hydrogens (tertiary/aromatic N) is 1. The minimum Gasteiger partial charge on any atom is -0.355 e. The van der Waals surface area contributed by atoms with Gasteiger partial charge in [0.15, 0.2) is 5.13 Å². The summed E-state index contributed by atoms with van der Waals surface area (Å²) in [5.74, 6) is 0. The van der Waals surface area contributed by atoms with Crippen LogP contribution in [0.15, 0.2) is 39.5 Å². The molecule has 18 heavy (non-hydrogen) atoms. The number of hydrogen-bond donors (Lipinski definition) is 1. The molecule has 0 amide bonds. The van der Waals surface area contributed by atoms with E-state index in [2.05, 4.69) is 56.0 Å². The first-order chi connectivity index (χ1) is 8.72. The summed E-state index contributed by atoms with van der Waals surface area (Å²) >= 11 is 6.89. The molecule has 0 aliphatic rings. The third-order valence-corrected chi connectivity index (χ3v) is 4.88. The van der Waals surface area contributed by atoms with Gasteiger partial charge in [0.25, 0.3) is 0 Å². The van der Waals surface area contributed by atoms with Gasteiger partial charge in [0.1, 0.15) is 0 Å². The van der Waals surface area contributed by atoms with Crippen molar-refractivity contribution in [3.8, 4) is 0 Å². The fourth-order valence-corrected chi connectivity index (χ4v) is 4.01. The van der Waals surface area contributed by atoms with Crippen LogP contribution in [0.4, 0.5) is 5.13 Å². The minimum atomic E-state index is 0.292. The Morgan fingerprint density at radius 1 is 1.33 bits per heavy atom. The third-order valence-electron chi connectivity index (χ3n) is 2.73. The highest BCUT2D eigenvalue weighted by Crippen LogP contribution is 2.30. The summed E-state index contributed by atoms with van der Waals surface area (Å²) < 4.78 is 2.29. The minimum absolute atomic E-state index is 0.292. The van der Waals surface area contributed by atoms with Crippen molar-refractivity contribution in [1.82, 2.24) is 4.98 Å². The molecule has 92 valence electrons. The Bertz CT molecular complexity index is 661. The molecule has 0 aliphatic carbocycles. The molecule has 2 aromatic heterocycles. The predicted molar refractivity (Wildman–Crippen MR) is 83.7 cm³/mol. The van der Waals surface area contributed by atoms with Crippen molar-refractivity contribution >= 4 is 54.0 Å². The SMILES string of the molecule is CC(Nc1nc2ccc(Br)cc2s1)c1ccsc1. The number of hydrogen-bond acceptors (Lipinski definition) is 4. The number of nitrogens with one attached hydrogen (secondary N) is 1. The van der Waals surface area contributed by atoms with Gasteiger partial charge >= 0.3 is 0 Å². The van der Waals surface area contributed by atoms with Crippen LogP contribution in [0, 0.1) is 0 Å². The first-order valence-corrected chi connectivity index (χ1v) is 8.12. The van der Waals surface area contributed by atoms with E-state index in [1.165, 1.54) is 10.3 Å². The molecule has 1 unspecified atom stereocenters. The van der Waals surface area contributed by atoms with Crippen molar-refractivity contribution in [3.63, 3.8) is 0 Å². The zero-order chi connectivity index (χ0) is 12.5. The lowest BCUT2D eigenvalue weighted by atomic mass is 10.2. The van der Waals surface area contributed by atoms with E-state index < -0.39 is 0 Å². The Labute approximate surface area is 122 Å². The molecule has 0 bridgehead atoms. The van der Waals surface area contributed by atoms with Crippen molar-refractivity contribution in [3.05, 3.63) is 45.1 Å². The third kappa shape index (κ3) is 2.43. The van der Waals surface area contributed by atoms with E-state index >= 15 is 0 Å². The van der Waals surface area contributed by atoms with Gasteiger partial charge in [-0.1, -0.05) is 27.3 Å². The van der Waals surface area contributed by atoms with Crippen LogP contribution in [-0.2, 0) is 0 Å². The first kappa shape index (κ1) is 12.1. The zero-order valence-electron chi connectivity index (χ0n) is 9.68. The molecule has 0 saturated heterocycles. The van der Waals surface area contributed by atoms with Crippen LogP contribution in [0.3, 0.4) is 0 Å². The van der Waals surface area contributed by atoms with Gasteiger partial charge in [-0.05, 0) is 47.5 Å². The molecule has 2 nitrogen and oxygen atoms in total. The summed E-state index contributed by atoms with van der Waals surface area (Å²) in [7, 11) is 0. The number of thiophene rings is 1. The average Bonchev–Trinajstić information content (AvgIpc) is 2.95. The van der Waals surface area contributed by atoms with Crippen LogP contribution in [0.5, 0.6) is 0 Å². The topological polar surface area (TPSA) is 24.9 Å². The fraction of sp³-hybridized carbons (Fsp3) is 0.154. The second-order valence-corrected chi connectivity index (χ2v) is 6.78. The van der Waals surface area contributed by atoms with Gasteiger partial charge in [0.05, 0.1) is 16.3 Å². The van der Waals surface area contributed by atoms with Gasteiger partial charge in [0, 0.05) is 4.47 Å². The lowest BCUT2D eigenvalue weighted by Gasteiger charge is -2.10. The monoisotopic (exact) mass is 338 g/mol. The number of fused-ring (bicyclic) bond motifs is 1. The summed E-state index contributed by atoms with van der Waals surface area (Å²) in [6.45, 7) is 2.16. The molecule has 0 fully saturated rings. The molecular formula is C13H11BrN2S2. The van der Waals surface area contributed by atoms with Crippen LogP contribution in [0.1, 0.15) is 18.5 Å². The van der Waals surface area contributed by atoms with Crippen molar-refractivity contribution in [2.24, 2.45) is 0 Å². The van der Waals surface area contributed by atoms with Crippen LogP contribution < -0.4 is 5.32 Å². The predicted octanol–water partition coefficient (Wildman–Crippen LogP) is 5.29. The fourth-order valence-electron chi connectivity index (χ4n) is 1.75. The second-order valence-electron chi connectivity index (χ2n) is 4.05. The molecule has 0 radical (unpaired) electrons. The van der Waals surface area contributed by atoms with Gasteiger partial charge in [0.2, 0.25) is 0 Å². The van der Waals surface area contributed by atoms with E-state index in [9.17, 15) is 0 Å². The van der Waals surface area contributed by atoms with Crippen LogP contribution in [0.25, 0.3) is 10.2 Å². The maximum atomic E-state index is 4.59.